The van der Waals surface area contributed by atoms with Gasteiger partial charge in [-0.1, -0.05) is 29.4 Å². The highest BCUT2D eigenvalue weighted by Gasteiger charge is 2.20. The number of ether oxygens (including phenoxy) is 2. The highest BCUT2D eigenvalue weighted by Crippen LogP contribution is 2.41. The molecule has 2 aromatic carbocycles. The molecule has 0 fully saturated rings. The van der Waals surface area contributed by atoms with E-state index in [0.717, 1.165) is 28.0 Å². The van der Waals surface area contributed by atoms with Crippen molar-refractivity contribution in [3.05, 3.63) is 48.2 Å². The Morgan fingerprint density at radius 3 is 2.68 bits per heavy atom. The minimum Gasteiger partial charge on any atom is -0.872 e. The molecule has 1 aromatic heterocycles. The van der Waals surface area contributed by atoms with E-state index in [1.54, 1.807) is 18.4 Å². The summed E-state index contributed by atoms with van der Waals surface area (Å²) in [4.78, 5) is 0. The summed E-state index contributed by atoms with van der Waals surface area (Å²) < 4.78 is 16.0. The minimum absolute atomic E-state index is 0.0271. The van der Waals surface area contributed by atoms with Crippen LogP contribution >= 0.6 is 0 Å². The van der Waals surface area contributed by atoms with E-state index in [-0.39, 0.29) is 12.5 Å². The lowest BCUT2D eigenvalue weighted by Gasteiger charge is -2.08. The van der Waals surface area contributed by atoms with Crippen molar-refractivity contribution in [1.82, 2.24) is 5.16 Å². The molecule has 0 N–H and O–H groups in total. The molecule has 0 saturated carbocycles. The lowest BCUT2D eigenvalue weighted by molar-refractivity contribution is -0.268. The quantitative estimate of drug-likeness (QED) is 0.726. The SMILES string of the molecule is Cc1cc(-c2nocc2-c2ccc([O-])cc2)cc2c1OCO2. The average molecular weight is 294 g/mol. The van der Waals surface area contributed by atoms with Gasteiger partial charge in [0.15, 0.2) is 11.5 Å². The molecule has 1 aliphatic rings. The Bertz CT molecular complexity index is 836. The zero-order chi connectivity index (χ0) is 15.1. The second-order valence-corrected chi connectivity index (χ2v) is 5.13. The van der Waals surface area contributed by atoms with Crippen molar-refractivity contribution in [2.45, 2.75) is 6.92 Å². The Morgan fingerprint density at radius 1 is 1.05 bits per heavy atom. The van der Waals surface area contributed by atoms with Crippen LogP contribution in [0.2, 0.25) is 0 Å². The molecule has 4 rings (SSSR count). The highest BCUT2D eigenvalue weighted by molar-refractivity contribution is 5.81. The van der Waals surface area contributed by atoms with Crippen LogP contribution in [0.4, 0.5) is 0 Å². The second kappa shape index (κ2) is 4.80. The third-order valence-electron chi connectivity index (χ3n) is 3.67. The van der Waals surface area contributed by atoms with Gasteiger partial charge in [0.05, 0.1) is 0 Å². The first-order valence-electron chi connectivity index (χ1n) is 6.85. The first kappa shape index (κ1) is 12.8. The number of benzene rings is 2. The smallest absolute Gasteiger partial charge is 0.231 e. The first-order valence-corrected chi connectivity index (χ1v) is 6.85. The standard InChI is InChI=1S/C17H13NO4/c1-10-6-12(7-15-17(10)21-9-20-15)16-14(8-22-18-16)11-2-4-13(19)5-3-11/h2-8,19H,9H2,1H3/p-1. The maximum atomic E-state index is 11.2. The Kier molecular flexibility index (Phi) is 2.79. The summed E-state index contributed by atoms with van der Waals surface area (Å²) in [7, 11) is 0. The molecular weight excluding hydrogens is 282 g/mol. The molecule has 0 unspecified atom stereocenters. The van der Waals surface area contributed by atoms with E-state index in [0.29, 0.717) is 11.4 Å². The Labute approximate surface area is 126 Å². The lowest BCUT2D eigenvalue weighted by atomic mass is 10.00. The minimum atomic E-state index is -0.0271. The maximum absolute atomic E-state index is 11.2. The number of aromatic nitrogens is 1. The number of nitrogens with zero attached hydrogens (tertiary/aromatic N) is 1. The molecule has 0 bridgehead atoms. The summed E-state index contributed by atoms with van der Waals surface area (Å²) in [5.41, 5.74) is 4.29. The van der Waals surface area contributed by atoms with Crippen LogP contribution in [0.15, 0.2) is 47.2 Å². The summed E-state index contributed by atoms with van der Waals surface area (Å²) in [6, 6.07) is 10.4. The fourth-order valence-electron chi connectivity index (χ4n) is 2.61. The van der Waals surface area contributed by atoms with E-state index in [1.807, 2.05) is 19.1 Å². The van der Waals surface area contributed by atoms with Gasteiger partial charge in [-0.15, -0.1) is 5.75 Å². The van der Waals surface area contributed by atoms with Gasteiger partial charge in [0.1, 0.15) is 12.0 Å². The predicted molar refractivity (Wildman–Crippen MR) is 77.7 cm³/mol. The second-order valence-electron chi connectivity index (χ2n) is 5.13. The third-order valence-corrected chi connectivity index (χ3v) is 3.67. The van der Waals surface area contributed by atoms with E-state index in [2.05, 4.69) is 5.16 Å². The van der Waals surface area contributed by atoms with E-state index >= 15 is 0 Å². The van der Waals surface area contributed by atoms with Crippen molar-refractivity contribution >= 4 is 0 Å². The molecule has 0 aliphatic carbocycles. The number of rotatable bonds is 2. The molecular formula is C17H12NO4-. The van der Waals surface area contributed by atoms with Gasteiger partial charge in [0.25, 0.3) is 0 Å². The van der Waals surface area contributed by atoms with Gasteiger partial charge in [-0.3, -0.25) is 0 Å². The molecule has 5 nitrogen and oxygen atoms in total. The lowest BCUT2D eigenvalue weighted by Crippen LogP contribution is -1.93. The van der Waals surface area contributed by atoms with Crippen LogP contribution < -0.4 is 14.6 Å². The summed E-state index contributed by atoms with van der Waals surface area (Å²) in [5.74, 6) is 1.45. The molecule has 0 radical (unpaired) electrons. The monoisotopic (exact) mass is 294 g/mol. The number of hydrogen-bond acceptors (Lipinski definition) is 5. The molecule has 3 aromatic rings. The Balaban J connectivity index is 1.83. The molecule has 0 spiro atoms. The summed E-state index contributed by atoms with van der Waals surface area (Å²) in [6.07, 6.45) is 1.58. The molecule has 2 heterocycles. The average Bonchev–Trinajstić information content (AvgIpc) is 3.16. The number of aryl methyl sites for hydroxylation is 1. The number of hydrogen-bond donors (Lipinski definition) is 0. The zero-order valence-corrected chi connectivity index (χ0v) is 11.8. The van der Waals surface area contributed by atoms with E-state index in [4.69, 9.17) is 14.0 Å². The Morgan fingerprint density at radius 2 is 1.86 bits per heavy atom. The van der Waals surface area contributed by atoms with Crippen molar-refractivity contribution in [3.63, 3.8) is 0 Å². The largest absolute Gasteiger partial charge is 0.872 e. The zero-order valence-electron chi connectivity index (χ0n) is 11.8. The first-order chi connectivity index (χ1) is 10.7. The van der Waals surface area contributed by atoms with Crippen LogP contribution in [0.25, 0.3) is 22.4 Å². The molecule has 0 saturated heterocycles. The van der Waals surface area contributed by atoms with E-state index in [9.17, 15) is 5.11 Å². The van der Waals surface area contributed by atoms with Gasteiger partial charge in [-0.05, 0) is 30.2 Å². The molecule has 0 atom stereocenters. The van der Waals surface area contributed by atoms with Crippen molar-refractivity contribution in [2.75, 3.05) is 6.79 Å². The molecule has 22 heavy (non-hydrogen) atoms. The van der Waals surface area contributed by atoms with Crippen molar-refractivity contribution in [3.8, 4) is 39.6 Å². The maximum Gasteiger partial charge on any atom is 0.231 e. The fraction of sp³-hybridized carbons (Fsp3) is 0.118. The molecule has 5 heteroatoms. The van der Waals surface area contributed by atoms with Gasteiger partial charge in [0.2, 0.25) is 6.79 Å². The van der Waals surface area contributed by atoms with Crippen LogP contribution in [0.1, 0.15) is 5.56 Å². The van der Waals surface area contributed by atoms with Gasteiger partial charge in [-0.25, -0.2) is 0 Å². The van der Waals surface area contributed by atoms with E-state index in [1.165, 1.54) is 12.1 Å². The highest BCUT2D eigenvalue weighted by atomic mass is 16.7. The van der Waals surface area contributed by atoms with Crippen molar-refractivity contribution in [1.29, 1.82) is 0 Å². The fourth-order valence-corrected chi connectivity index (χ4v) is 2.61. The van der Waals surface area contributed by atoms with Gasteiger partial charge < -0.3 is 19.1 Å². The van der Waals surface area contributed by atoms with Gasteiger partial charge in [-0.2, -0.15) is 0 Å². The summed E-state index contributed by atoms with van der Waals surface area (Å²) in [5, 5.41) is 15.4. The van der Waals surface area contributed by atoms with Gasteiger partial charge in [0, 0.05) is 11.1 Å². The van der Waals surface area contributed by atoms with E-state index < -0.39 is 0 Å². The number of fused-ring (bicyclic) bond motifs is 1. The summed E-state index contributed by atoms with van der Waals surface area (Å²) >= 11 is 0. The molecule has 110 valence electrons. The van der Waals surface area contributed by atoms with Gasteiger partial charge >= 0.3 is 0 Å². The van der Waals surface area contributed by atoms with Crippen LogP contribution in [0, 0.1) is 6.92 Å². The predicted octanol–water partition coefficient (Wildman–Crippen LogP) is 3.12. The van der Waals surface area contributed by atoms with Crippen LogP contribution in [0.5, 0.6) is 17.2 Å². The van der Waals surface area contributed by atoms with Crippen LogP contribution in [-0.2, 0) is 0 Å². The normalized spacial score (nSPS) is 12.6. The molecule has 0 amide bonds. The third kappa shape index (κ3) is 1.98. The van der Waals surface area contributed by atoms with Crippen LogP contribution in [0.3, 0.4) is 0 Å². The van der Waals surface area contributed by atoms with Crippen molar-refractivity contribution < 1.29 is 19.1 Å². The van der Waals surface area contributed by atoms with Crippen molar-refractivity contribution in [2.24, 2.45) is 0 Å². The van der Waals surface area contributed by atoms with Crippen LogP contribution in [-0.4, -0.2) is 11.9 Å². The topological polar surface area (TPSA) is 67.6 Å². The summed E-state index contributed by atoms with van der Waals surface area (Å²) in [6.45, 7) is 2.19. The molecule has 1 aliphatic heterocycles. The Hall–Kier alpha value is -2.95.